The van der Waals surface area contributed by atoms with Crippen LogP contribution in [0.4, 0.5) is 5.69 Å². The lowest BCUT2D eigenvalue weighted by Gasteiger charge is -2.16. The van der Waals surface area contributed by atoms with Gasteiger partial charge in [-0.1, -0.05) is 0 Å². The van der Waals surface area contributed by atoms with Gasteiger partial charge in [0.15, 0.2) is 0 Å². The summed E-state index contributed by atoms with van der Waals surface area (Å²) in [6.07, 6.45) is 2.03. The lowest BCUT2D eigenvalue weighted by Crippen LogP contribution is -2.28. The van der Waals surface area contributed by atoms with Gasteiger partial charge in [-0.25, -0.2) is 0 Å². The van der Waals surface area contributed by atoms with Crippen molar-refractivity contribution in [2.75, 3.05) is 31.3 Å². The van der Waals surface area contributed by atoms with Gasteiger partial charge in [0.05, 0.1) is 0 Å². The monoisotopic (exact) mass is 224 g/mol. The van der Waals surface area contributed by atoms with Crippen LogP contribution in [0.5, 0.6) is 0 Å². The van der Waals surface area contributed by atoms with Gasteiger partial charge in [-0.05, 0) is 30.5 Å². The Morgan fingerprint density at radius 3 is 2.53 bits per heavy atom. The van der Waals surface area contributed by atoms with Crippen molar-refractivity contribution in [3.8, 4) is 0 Å². The number of rotatable bonds is 4. The van der Waals surface area contributed by atoms with Gasteiger partial charge in [0.2, 0.25) is 0 Å². The largest absolute Gasteiger partial charge is 0.399 e. The van der Waals surface area contributed by atoms with E-state index in [9.17, 15) is 4.79 Å². The molecule has 1 amide bonds. The van der Waals surface area contributed by atoms with Gasteiger partial charge in [-0.2, -0.15) is 11.8 Å². The second-order valence-corrected chi connectivity index (χ2v) is 4.33. The van der Waals surface area contributed by atoms with Crippen molar-refractivity contribution in [3.05, 3.63) is 29.8 Å². The Morgan fingerprint density at radius 2 is 2.00 bits per heavy atom. The molecule has 0 bridgehead atoms. The van der Waals surface area contributed by atoms with Crippen molar-refractivity contribution in [3.63, 3.8) is 0 Å². The number of amides is 1. The molecule has 0 aliphatic heterocycles. The second-order valence-electron chi connectivity index (χ2n) is 3.34. The Bertz CT molecular complexity index is 324. The average Bonchev–Trinajstić information content (AvgIpc) is 2.26. The molecule has 0 spiro atoms. The SMILES string of the molecule is CSCCN(C)C(=O)c1ccc(N)cc1. The van der Waals surface area contributed by atoms with E-state index in [2.05, 4.69) is 0 Å². The minimum atomic E-state index is 0.0454. The molecule has 1 rings (SSSR count). The Kier molecular flexibility index (Phi) is 4.49. The highest BCUT2D eigenvalue weighted by Gasteiger charge is 2.10. The third-order valence-electron chi connectivity index (χ3n) is 2.14. The van der Waals surface area contributed by atoms with Gasteiger partial charge in [-0.3, -0.25) is 4.79 Å². The van der Waals surface area contributed by atoms with Crippen molar-refractivity contribution < 1.29 is 4.79 Å². The van der Waals surface area contributed by atoms with Gasteiger partial charge in [0.25, 0.3) is 5.91 Å². The van der Waals surface area contributed by atoms with Gasteiger partial charge < -0.3 is 10.6 Å². The van der Waals surface area contributed by atoms with Crippen LogP contribution in [0, 0.1) is 0 Å². The zero-order valence-electron chi connectivity index (χ0n) is 9.06. The van der Waals surface area contributed by atoms with E-state index < -0.39 is 0 Å². The van der Waals surface area contributed by atoms with E-state index in [1.54, 1.807) is 40.9 Å². The van der Waals surface area contributed by atoms with Gasteiger partial charge in [0, 0.05) is 30.6 Å². The second kappa shape index (κ2) is 5.66. The standard InChI is InChI=1S/C11H16N2OS/c1-13(7-8-15-2)11(14)9-3-5-10(12)6-4-9/h3-6H,7-8,12H2,1-2H3. The maximum absolute atomic E-state index is 11.8. The highest BCUT2D eigenvalue weighted by Crippen LogP contribution is 2.08. The lowest BCUT2D eigenvalue weighted by molar-refractivity contribution is 0.0804. The van der Waals surface area contributed by atoms with E-state index in [0.29, 0.717) is 11.3 Å². The van der Waals surface area contributed by atoms with Crippen LogP contribution in [0.25, 0.3) is 0 Å². The summed E-state index contributed by atoms with van der Waals surface area (Å²) in [5, 5.41) is 0. The van der Waals surface area contributed by atoms with E-state index in [0.717, 1.165) is 12.3 Å². The smallest absolute Gasteiger partial charge is 0.253 e. The first kappa shape index (κ1) is 11.9. The molecule has 3 nitrogen and oxygen atoms in total. The minimum Gasteiger partial charge on any atom is -0.399 e. The van der Waals surface area contributed by atoms with Crippen LogP contribution >= 0.6 is 11.8 Å². The quantitative estimate of drug-likeness (QED) is 0.792. The van der Waals surface area contributed by atoms with Crippen molar-refractivity contribution in [1.82, 2.24) is 4.90 Å². The Balaban J connectivity index is 2.63. The molecule has 0 aliphatic rings. The number of nitrogens with zero attached hydrogens (tertiary/aromatic N) is 1. The summed E-state index contributed by atoms with van der Waals surface area (Å²) in [7, 11) is 1.81. The maximum Gasteiger partial charge on any atom is 0.253 e. The molecule has 2 N–H and O–H groups in total. The number of anilines is 1. The average molecular weight is 224 g/mol. The summed E-state index contributed by atoms with van der Waals surface area (Å²) in [5.41, 5.74) is 6.92. The molecule has 0 atom stereocenters. The number of carbonyl (C=O) groups excluding carboxylic acids is 1. The van der Waals surface area contributed by atoms with E-state index >= 15 is 0 Å². The molecular formula is C11H16N2OS. The zero-order valence-corrected chi connectivity index (χ0v) is 9.88. The summed E-state index contributed by atoms with van der Waals surface area (Å²) in [6, 6.07) is 7.01. The number of hydrogen-bond acceptors (Lipinski definition) is 3. The molecule has 0 heterocycles. The molecule has 1 aromatic rings. The van der Waals surface area contributed by atoms with Crippen LogP contribution in [0.2, 0.25) is 0 Å². The first-order chi connectivity index (χ1) is 7.15. The Morgan fingerprint density at radius 1 is 1.40 bits per heavy atom. The molecule has 0 aliphatic carbocycles. The van der Waals surface area contributed by atoms with E-state index in [4.69, 9.17) is 5.73 Å². The van der Waals surface area contributed by atoms with Crippen molar-refractivity contribution >= 4 is 23.4 Å². The van der Waals surface area contributed by atoms with Crippen molar-refractivity contribution in [2.24, 2.45) is 0 Å². The molecule has 0 fully saturated rings. The fourth-order valence-corrected chi connectivity index (χ4v) is 1.63. The molecule has 1 aromatic carbocycles. The maximum atomic E-state index is 11.8. The molecule has 0 saturated heterocycles. The van der Waals surface area contributed by atoms with Crippen LogP contribution in [0.15, 0.2) is 24.3 Å². The molecular weight excluding hydrogens is 208 g/mol. The van der Waals surface area contributed by atoms with Crippen LogP contribution in [-0.4, -0.2) is 36.4 Å². The van der Waals surface area contributed by atoms with Crippen LogP contribution in [0.1, 0.15) is 10.4 Å². The highest BCUT2D eigenvalue weighted by atomic mass is 32.2. The number of nitrogen functional groups attached to an aromatic ring is 1. The first-order valence-corrected chi connectivity index (χ1v) is 6.14. The summed E-state index contributed by atoms with van der Waals surface area (Å²) >= 11 is 1.73. The zero-order chi connectivity index (χ0) is 11.3. The number of carbonyl (C=O) groups is 1. The highest BCUT2D eigenvalue weighted by molar-refractivity contribution is 7.98. The predicted octanol–water partition coefficient (Wildman–Crippen LogP) is 1.70. The Labute approximate surface area is 94.6 Å². The molecule has 15 heavy (non-hydrogen) atoms. The summed E-state index contributed by atoms with van der Waals surface area (Å²) in [4.78, 5) is 13.6. The molecule has 0 aromatic heterocycles. The number of nitrogens with two attached hydrogens (primary N) is 1. The van der Waals surface area contributed by atoms with E-state index in [1.807, 2.05) is 13.3 Å². The van der Waals surface area contributed by atoms with Gasteiger partial charge in [0.1, 0.15) is 0 Å². The van der Waals surface area contributed by atoms with Crippen LogP contribution < -0.4 is 5.73 Å². The minimum absolute atomic E-state index is 0.0454. The Hall–Kier alpha value is -1.16. The van der Waals surface area contributed by atoms with Gasteiger partial charge in [-0.15, -0.1) is 0 Å². The third kappa shape index (κ3) is 3.47. The normalized spacial score (nSPS) is 10.0. The number of benzene rings is 1. The fraction of sp³-hybridized carbons (Fsp3) is 0.364. The van der Waals surface area contributed by atoms with Crippen LogP contribution in [0.3, 0.4) is 0 Å². The molecule has 0 unspecified atom stereocenters. The molecule has 4 heteroatoms. The predicted molar refractivity (Wildman–Crippen MR) is 66.2 cm³/mol. The van der Waals surface area contributed by atoms with E-state index in [-0.39, 0.29) is 5.91 Å². The van der Waals surface area contributed by atoms with Gasteiger partial charge >= 0.3 is 0 Å². The number of thioether (sulfide) groups is 1. The summed E-state index contributed by atoms with van der Waals surface area (Å²) in [5.74, 6) is 1.00. The summed E-state index contributed by atoms with van der Waals surface area (Å²) < 4.78 is 0. The molecule has 82 valence electrons. The molecule has 0 radical (unpaired) electrons. The van der Waals surface area contributed by atoms with Crippen molar-refractivity contribution in [1.29, 1.82) is 0 Å². The lowest BCUT2D eigenvalue weighted by atomic mass is 10.2. The van der Waals surface area contributed by atoms with Crippen molar-refractivity contribution in [2.45, 2.75) is 0 Å². The first-order valence-electron chi connectivity index (χ1n) is 4.75. The van der Waals surface area contributed by atoms with Crippen LogP contribution in [-0.2, 0) is 0 Å². The number of hydrogen-bond donors (Lipinski definition) is 1. The fourth-order valence-electron chi connectivity index (χ4n) is 1.18. The topological polar surface area (TPSA) is 46.3 Å². The summed E-state index contributed by atoms with van der Waals surface area (Å²) in [6.45, 7) is 0.768. The molecule has 0 saturated carbocycles. The van der Waals surface area contributed by atoms with E-state index in [1.165, 1.54) is 0 Å². The third-order valence-corrected chi connectivity index (χ3v) is 2.73.